The van der Waals surface area contributed by atoms with Crippen molar-refractivity contribution in [1.82, 2.24) is 4.98 Å². The van der Waals surface area contributed by atoms with Crippen LogP contribution in [0.4, 0.5) is 0 Å². The van der Waals surface area contributed by atoms with E-state index in [0.29, 0.717) is 0 Å². The first kappa shape index (κ1) is 11.6. The Bertz CT molecular complexity index is 143. The third-order valence-electron chi connectivity index (χ3n) is 0.749. The monoisotopic (exact) mass is 182 g/mol. The summed E-state index contributed by atoms with van der Waals surface area (Å²) in [5, 5.41) is 0. The summed E-state index contributed by atoms with van der Waals surface area (Å²) in [6.45, 7) is 3.68. The number of rotatable bonds is 0. The SMILES string of the molecule is [CH2-]c1ccncc1.[Cl-].[Mn+2]. The Morgan fingerprint density at radius 1 is 1.22 bits per heavy atom. The van der Waals surface area contributed by atoms with Gasteiger partial charge in [0.25, 0.3) is 0 Å². The van der Waals surface area contributed by atoms with Gasteiger partial charge < -0.3 is 12.4 Å². The maximum atomic E-state index is 3.81. The van der Waals surface area contributed by atoms with Crippen molar-refractivity contribution in [2.24, 2.45) is 0 Å². The Labute approximate surface area is 71.8 Å². The van der Waals surface area contributed by atoms with Crippen molar-refractivity contribution in [3.63, 3.8) is 0 Å². The molecule has 1 heterocycles. The largest absolute Gasteiger partial charge is 2.00 e. The van der Waals surface area contributed by atoms with E-state index in [1.54, 1.807) is 12.4 Å². The Morgan fingerprint density at radius 2 is 1.67 bits per heavy atom. The van der Waals surface area contributed by atoms with E-state index in [-0.39, 0.29) is 29.5 Å². The maximum Gasteiger partial charge on any atom is 2.00 e. The third kappa shape index (κ3) is 4.34. The summed E-state index contributed by atoms with van der Waals surface area (Å²) in [7, 11) is 0. The second kappa shape index (κ2) is 5.96. The van der Waals surface area contributed by atoms with Gasteiger partial charge in [-0.15, -0.1) is 12.1 Å². The van der Waals surface area contributed by atoms with Gasteiger partial charge in [0.15, 0.2) is 0 Å². The van der Waals surface area contributed by atoms with Crippen molar-refractivity contribution in [3.8, 4) is 0 Å². The minimum atomic E-state index is 0. The van der Waals surface area contributed by atoms with Crippen molar-refractivity contribution < 1.29 is 29.5 Å². The molecule has 0 aliphatic heterocycles. The third-order valence-corrected chi connectivity index (χ3v) is 0.749. The summed E-state index contributed by atoms with van der Waals surface area (Å²) in [6.07, 6.45) is 3.45. The number of hydrogen-bond acceptors (Lipinski definition) is 1. The van der Waals surface area contributed by atoms with Crippen LogP contribution in [0, 0.1) is 6.92 Å². The zero-order valence-electron chi connectivity index (χ0n) is 4.72. The molecule has 0 saturated carbocycles. The van der Waals surface area contributed by atoms with E-state index in [2.05, 4.69) is 11.9 Å². The normalized spacial score (nSPS) is 6.67. The van der Waals surface area contributed by atoms with E-state index in [1.165, 1.54) is 0 Å². The Balaban J connectivity index is 0. The van der Waals surface area contributed by atoms with Crippen molar-refractivity contribution in [2.45, 2.75) is 0 Å². The molecular weight excluding hydrogens is 176 g/mol. The van der Waals surface area contributed by atoms with Crippen LogP contribution in [0.1, 0.15) is 5.56 Å². The minimum Gasteiger partial charge on any atom is -1.00 e. The first-order valence-electron chi connectivity index (χ1n) is 2.11. The Kier molecular flexibility index (Phi) is 7.68. The van der Waals surface area contributed by atoms with Crippen LogP contribution in [0.2, 0.25) is 0 Å². The molecule has 1 aromatic heterocycles. The predicted molar refractivity (Wildman–Crippen MR) is 28.7 cm³/mol. The molecule has 0 bridgehead atoms. The van der Waals surface area contributed by atoms with Crippen LogP contribution in [0.3, 0.4) is 0 Å². The molecule has 0 fully saturated rings. The second-order valence-corrected chi connectivity index (χ2v) is 1.36. The molecule has 3 heteroatoms. The molecule has 1 nitrogen and oxygen atoms in total. The summed E-state index contributed by atoms with van der Waals surface area (Å²) in [5.74, 6) is 0. The summed E-state index contributed by atoms with van der Waals surface area (Å²) < 4.78 is 0. The molecule has 0 atom stereocenters. The zero-order chi connectivity index (χ0) is 5.11. The van der Waals surface area contributed by atoms with Crippen LogP contribution >= 0.6 is 0 Å². The number of nitrogens with zero attached hydrogens (tertiary/aromatic N) is 1. The van der Waals surface area contributed by atoms with Crippen LogP contribution in [0.5, 0.6) is 0 Å². The fraction of sp³-hybridized carbons (Fsp3) is 0. The number of pyridine rings is 1. The van der Waals surface area contributed by atoms with Crippen LogP contribution in [0.15, 0.2) is 24.5 Å². The van der Waals surface area contributed by atoms with Crippen LogP contribution in [-0.2, 0) is 17.1 Å². The second-order valence-electron chi connectivity index (χ2n) is 1.36. The van der Waals surface area contributed by atoms with E-state index < -0.39 is 0 Å². The molecule has 0 aliphatic carbocycles. The van der Waals surface area contributed by atoms with Gasteiger partial charge in [-0.1, -0.05) is 0 Å². The van der Waals surface area contributed by atoms with Crippen molar-refractivity contribution in [2.75, 3.05) is 0 Å². The van der Waals surface area contributed by atoms with Gasteiger partial charge in [0.1, 0.15) is 0 Å². The standard InChI is InChI=1S/C6H6N.ClH.Mn/c1-6-2-4-7-5-3-6;;/h2-5H,1H2;1H;/q-1;;+2/p-1. The predicted octanol–water partition coefficient (Wildman–Crippen LogP) is -1.73. The fourth-order valence-electron chi connectivity index (χ4n) is 0.383. The molecule has 1 aromatic rings. The van der Waals surface area contributed by atoms with Gasteiger partial charge in [-0.25, -0.2) is 0 Å². The van der Waals surface area contributed by atoms with Crippen molar-refractivity contribution >= 4 is 0 Å². The first-order chi connectivity index (χ1) is 3.39. The van der Waals surface area contributed by atoms with Gasteiger partial charge in [0.2, 0.25) is 0 Å². The molecule has 0 unspecified atom stereocenters. The molecule has 0 saturated heterocycles. The average Bonchev–Trinajstić information content (AvgIpc) is 1.69. The molecule has 1 rings (SSSR count). The van der Waals surface area contributed by atoms with Gasteiger partial charge in [-0.05, 0) is 12.4 Å². The van der Waals surface area contributed by atoms with Crippen LogP contribution in [0.25, 0.3) is 0 Å². The molecule has 0 aliphatic rings. The molecule has 1 radical (unpaired) electrons. The molecule has 49 valence electrons. The quantitative estimate of drug-likeness (QED) is 0.343. The Hall–Kier alpha value is -0.171. The topological polar surface area (TPSA) is 12.9 Å². The summed E-state index contributed by atoms with van der Waals surface area (Å²) in [6, 6.07) is 3.72. The van der Waals surface area contributed by atoms with Crippen LogP contribution < -0.4 is 12.4 Å². The summed E-state index contributed by atoms with van der Waals surface area (Å²) in [5.41, 5.74) is 1.01. The molecule has 0 N–H and O–H groups in total. The number of hydrogen-bond donors (Lipinski definition) is 0. The molecule has 9 heavy (non-hydrogen) atoms. The van der Waals surface area contributed by atoms with E-state index in [0.717, 1.165) is 5.56 Å². The van der Waals surface area contributed by atoms with Crippen LogP contribution in [-0.4, -0.2) is 4.98 Å². The van der Waals surface area contributed by atoms with Gasteiger partial charge in [-0.2, -0.15) is 12.5 Å². The number of halogens is 1. The zero-order valence-corrected chi connectivity index (χ0v) is 6.66. The minimum absolute atomic E-state index is 0. The van der Waals surface area contributed by atoms with Gasteiger partial charge in [0, 0.05) is 0 Å². The fourth-order valence-corrected chi connectivity index (χ4v) is 0.383. The van der Waals surface area contributed by atoms with Crippen molar-refractivity contribution in [3.05, 3.63) is 37.0 Å². The van der Waals surface area contributed by atoms with E-state index in [1.807, 2.05) is 12.1 Å². The molecular formula is C6H6ClMnN. The Morgan fingerprint density at radius 3 is 1.89 bits per heavy atom. The van der Waals surface area contributed by atoms with Gasteiger partial charge >= 0.3 is 17.1 Å². The number of aromatic nitrogens is 1. The van der Waals surface area contributed by atoms with E-state index in [4.69, 9.17) is 0 Å². The van der Waals surface area contributed by atoms with Gasteiger partial charge in [0.05, 0.1) is 0 Å². The first-order valence-corrected chi connectivity index (χ1v) is 2.11. The van der Waals surface area contributed by atoms with E-state index in [9.17, 15) is 0 Å². The van der Waals surface area contributed by atoms with Crippen molar-refractivity contribution in [1.29, 1.82) is 0 Å². The van der Waals surface area contributed by atoms with Gasteiger partial charge in [-0.3, -0.25) is 4.98 Å². The average molecular weight is 183 g/mol. The summed E-state index contributed by atoms with van der Waals surface area (Å²) >= 11 is 0. The molecule has 0 spiro atoms. The molecule has 0 aromatic carbocycles. The summed E-state index contributed by atoms with van der Waals surface area (Å²) in [4.78, 5) is 3.81. The maximum absolute atomic E-state index is 3.81. The molecule has 0 amide bonds. The van der Waals surface area contributed by atoms with E-state index >= 15 is 0 Å². The smallest absolute Gasteiger partial charge is 1.00 e.